The highest BCUT2D eigenvalue weighted by molar-refractivity contribution is 7.22. The van der Waals surface area contributed by atoms with E-state index in [9.17, 15) is 9.90 Å². The molecule has 5 rings (SSSR count). The molecule has 32 heavy (non-hydrogen) atoms. The summed E-state index contributed by atoms with van der Waals surface area (Å²) in [6, 6.07) is 12.1. The summed E-state index contributed by atoms with van der Waals surface area (Å²) in [5.74, 6) is -0.970. The van der Waals surface area contributed by atoms with Gasteiger partial charge < -0.3 is 20.1 Å². The first kappa shape index (κ1) is 20.7. The van der Waals surface area contributed by atoms with Crippen LogP contribution in [-0.2, 0) is 11.3 Å². The van der Waals surface area contributed by atoms with Crippen molar-refractivity contribution >= 4 is 49.8 Å². The van der Waals surface area contributed by atoms with Crippen molar-refractivity contribution in [3.05, 3.63) is 59.9 Å². The number of benzene rings is 2. The molecule has 4 aromatic rings. The Balaban J connectivity index is 1.34. The number of aromatic nitrogens is 3. The van der Waals surface area contributed by atoms with Crippen LogP contribution >= 0.6 is 11.3 Å². The molecule has 0 spiro atoms. The first-order valence-corrected chi connectivity index (χ1v) is 11.6. The Kier molecular flexibility index (Phi) is 5.63. The fraction of sp³-hybridized carbons (Fsp3) is 0.292. The Hall–Kier alpha value is -3.23. The number of carboxylic acids is 1. The lowest BCUT2D eigenvalue weighted by molar-refractivity contribution is -0.131. The highest BCUT2D eigenvalue weighted by atomic mass is 32.1. The number of rotatable bonds is 6. The lowest BCUT2D eigenvalue weighted by atomic mass is 9.93. The number of aliphatic hydroxyl groups excluding tert-OH is 1. The molecule has 2 aromatic carbocycles. The van der Waals surface area contributed by atoms with Gasteiger partial charge >= 0.3 is 5.97 Å². The summed E-state index contributed by atoms with van der Waals surface area (Å²) < 4.78 is 3.19. The van der Waals surface area contributed by atoms with Gasteiger partial charge in [0.2, 0.25) is 0 Å². The highest BCUT2D eigenvalue weighted by Gasteiger charge is 2.23. The number of imidazole rings is 1. The minimum atomic E-state index is -0.970. The van der Waals surface area contributed by atoms with E-state index in [2.05, 4.69) is 27.0 Å². The van der Waals surface area contributed by atoms with Crippen molar-refractivity contribution in [3.8, 4) is 0 Å². The molecule has 2 atom stereocenters. The van der Waals surface area contributed by atoms with Gasteiger partial charge in [0.25, 0.3) is 0 Å². The van der Waals surface area contributed by atoms with E-state index >= 15 is 0 Å². The zero-order chi connectivity index (χ0) is 22.1. The van der Waals surface area contributed by atoms with Crippen LogP contribution in [0.25, 0.3) is 27.3 Å². The third-order valence-corrected chi connectivity index (χ3v) is 6.86. The molecule has 0 saturated heterocycles. The molecule has 1 saturated carbocycles. The van der Waals surface area contributed by atoms with E-state index in [1.807, 2.05) is 30.6 Å². The zero-order valence-electron chi connectivity index (χ0n) is 17.4. The smallest absolute Gasteiger partial charge is 0.328 e. The number of fused-ring (bicyclic) bond motifs is 2. The maximum atomic E-state index is 10.7. The van der Waals surface area contributed by atoms with Crippen LogP contribution in [0.3, 0.4) is 0 Å². The number of aliphatic hydroxyl groups is 1. The minimum Gasteiger partial charge on any atom is -0.478 e. The second-order valence-corrected chi connectivity index (χ2v) is 9.25. The van der Waals surface area contributed by atoms with E-state index in [0.717, 1.165) is 69.3 Å². The molecule has 7 nitrogen and oxygen atoms in total. The average Bonchev–Trinajstić information content (AvgIpc) is 3.37. The predicted octanol–water partition coefficient (Wildman–Crippen LogP) is 4.51. The second kappa shape index (κ2) is 8.72. The summed E-state index contributed by atoms with van der Waals surface area (Å²) >= 11 is 1.62. The van der Waals surface area contributed by atoms with Gasteiger partial charge in [-0.2, -0.15) is 0 Å². The lowest BCUT2D eigenvalue weighted by Gasteiger charge is -2.27. The Labute approximate surface area is 189 Å². The molecule has 2 aromatic heterocycles. The fourth-order valence-electron chi connectivity index (χ4n) is 4.24. The van der Waals surface area contributed by atoms with Gasteiger partial charge in [0.15, 0.2) is 5.13 Å². The van der Waals surface area contributed by atoms with Gasteiger partial charge in [-0.25, -0.2) is 14.8 Å². The standard InChI is InChI=1S/C24H24N4O3S/c29-21-4-2-1-3-17(21)26-24-27-18-8-5-16(12-22(18)32-24)13-28-14-25-19-11-15(6-9-20(19)28)7-10-23(30)31/h5-12,14,17,21,29H,1-4,13H2,(H,26,27)(H,30,31)/b10-7+/t17-,21-/m1/s1. The van der Waals surface area contributed by atoms with E-state index in [0.29, 0.717) is 6.54 Å². The van der Waals surface area contributed by atoms with Gasteiger partial charge in [-0.15, -0.1) is 0 Å². The molecule has 2 heterocycles. The van der Waals surface area contributed by atoms with Crippen molar-refractivity contribution in [2.24, 2.45) is 0 Å². The van der Waals surface area contributed by atoms with Gasteiger partial charge in [-0.1, -0.05) is 36.3 Å². The van der Waals surface area contributed by atoms with Gasteiger partial charge in [-0.3, -0.25) is 0 Å². The molecule has 0 unspecified atom stereocenters. The zero-order valence-corrected chi connectivity index (χ0v) is 18.3. The van der Waals surface area contributed by atoms with E-state index in [1.165, 1.54) is 0 Å². The molecule has 1 aliphatic carbocycles. The van der Waals surface area contributed by atoms with Gasteiger partial charge in [0, 0.05) is 12.6 Å². The molecule has 1 fully saturated rings. The van der Waals surface area contributed by atoms with Crippen molar-refractivity contribution in [1.29, 1.82) is 0 Å². The summed E-state index contributed by atoms with van der Waals surface area (Å²) in [6.07, 6.45) is 8.25. The molecular formula is C24H24N4O3S. The predicted molar refractivity (Wildman–Crippen MR) is 127 cm³/mol. The summed E-state index contributed by atoms with van der Waals surface area (Å²) in [5, 5.41) is 23.3. The lowest BCUT2D eigenvalue weighted by Crippen LogP contribution is -2.36. The third-order valence-electron chi connectivity index (χ3n) is 5.91. The first-order chi connectivity index (χ1) is 15.5. The highest BCUT2D eigenvalue weighted by Crippen LogP contribution is 2.30. The first-order valence-electron chi connectivity index (χ1n) is 10.8. The van der Waals surface area contributed by atoms with E-state index < -0.39 is 5.97 Å². The number of nitrogens with one attached hydrogen (secondary N) is 1. The maximum absolute atomic E-state index is 10.7. The summed E-state index contributed by atoms with van der Waals surface area (Å²) in [5.41, 5.74) is 4.74. The summed E-state index contributed by atoms with van der Waals surface area (Å²) in [4.78, 5) is 19.9. The topological polar surface area (TPSA) is 100 Å². The fourth-order valence-corrected chi connectivity index (χ4v) is 5.23. The van der Waals surface area contributed by atoms with Crippen molar-refractivity contribution in [3.63, 3.8) is 0 Å². The molecule has 8 heteroatoms. The second-order valence-electron chi connectivity index (χ2n) is 8.22. The monoisotopic (exact) mass is 448 g/mol. The maximum Gasteiger partial charge on any atom is 0.328 e. The molecule has 0 aliphatic heterocycles. The van der Waals surface area contributed by atoms with Crippen LogP contribution in [0.5, 0.6) is 0 Å². The Morgan fingerprint density at radius 3 is 2.91 bits per heavy atom. The quantitative estimate of drug-likeness (QED) is 0.375. The van der Waals surface area contributed by atoms with Crippen LogP contribution in [0.1, 0.15) is 36.8 Å². The average molecular weight is 449 g/mol. The largest absolute Gasteiger partial charge is 0.478 e. The number of aliphatic carboxylic acids is 1. The number of hydrogen-bond donors (Lipinski definition) is 3. The Bertz CT molecular complexity index is 1310. The van der Waals surface area contributed by atoms with Crippen LogP contribution in [0, 0.1) is 0 Å². The van der Waals surface area contributed by atoms with E-state index in [1.54, 1.807) is 17.4 Å². The Morgan fingerprint density at radius 2 is 2.06 bits per heavy atom. The number of hydrogen-bond acceptors (Lipinski definition) is 6. The molecule has 164 valence electrons. The van der Waals surface area contributed by atoms with Crippen LogP contribution in [0.15, 0.2) is 48.8 Å². The summed E-state index contributed by atoms with van der Waals surface area (Å²) in [6.45, 7) is 0.679. The van der Waals surface area contributed by atoms with Crippen molar-refractivity contribution < 1.29 is 15.0 Å². The van der Waals surface area contributed by atoms with Crippen molar-refractivity contribution in [2.75, 3.05) is 5.32 Å². The minimum absolute atomic E-state index is 0.0799. The van der Waals surface area contributed by atoms with E-state index in [4.69, 9.17) is 10.1 Å². The van der Waals surface area contributed by atoms with Crippen LogP contribution < -0.4 is 5.32 Å². The van der Waals surface area contributed by atoms with Gasteiger partial charge in [0.05, 0.1) is 39.7 Å². The molecule has 0 radical (unpaired) electrons. The number of carboxylic acid groups (broad SMARTS) is 1. The van der Waals surface area contributed by atoms with Crippen molar-refractivity contribution in [1.82, 2.24) is 14.5 Å². The number of nitrogens with zero attached hydrogens (tertiary/aromatic N) is 3. The third kappa shape index (κ3) is 4.37. The number of thiazole rings is 1. The molecular weight excluding hydrogens is 424 g/mol. The molecule has 0 amide bonds. The van der Waals surface area contributed by atoms with Crippen LogP contribution in [0.4, 0.5) is 5.13 Å². The number of carbonyl (C=O) groups is 1. The molecule has 3 N–H and O–H groups in total. The molecule has 0 bridgehead atoms. The van der Waals surface area contributed by atoms with Gasteiger partial charge in [0.1, 0.15) is 0 Å². The summed E-state index contributed by atoms with van der Waals surface area (Å²) in [7, 11) is 0. The SMILES string of the molecule is O=C(O)/C=C/c1ccc2c(c1)ncn2Cc1ccc2nc(N[C@@H]3CCCC[C@H]3O)sc2c1. The van der Waals surface area contributed by atoms with E-state index in [-0.39, 0.29) is 12.1 Å². The van der Waals surface area contributed by atoms with Crippen molar-refractivity contribution in [2.45, 2.75) is 44.4 Å². The number of anilines is 1. The van der Waals surface area contributed by atoms with Gasteiger partial charge in [-0.05, 0) is 54.3 Å². The van der Waals surface area contributed by atoms with Crippen LogP contribution in [0.2, 0.25) is 0 Å². The Morgan fingerprint density at radius 1 is 1.19 bits per heavy atom. The van der Waals surface area contributed by atoms with Crippen LogP contribution in [-0.4, -0.2) is 42.9 Å². The normalized spacial score (nSPS) is 19.2. The molecule has 1 aliphatic rings.